The van der Waals surface area contributed by atoms with Crippen LogP contribution in [0, 0.1) is 0 Å². The van der Waals surface area contributed by atoms with Gasteiger partial charge in [-0.25, -0.2) is 13.1 Å². The lowest BCUT2D eigenvalue weighted by atomic mass is 10.3. The van der Waals surface area contributed by atoms with E-state index in [4.69, 9.17) is 0 Å². The van der Waals surface area contributed by atoms with E-state index in [9.17, 15) is 8.42 Å². The van der Waals surface area contributed by atoms with Crippen molar-refractivity contribution in [3.63, 3.8) is 0 Å². The molecule has 1 saturated heterocycles. The Kier molecular flexibility index (Phi) is 5.30. The topological polar surface area (TPSA) is 58.2 Å². The molecular formula is C12H20N2O2S3. The minimum Gasteiger partial charge on any atom is -0.310 e. The summed E-state index contributed by atoms with van der Waals surface area (Å²) in [5.74, 6) is 1.92. The van der Waals surface area contributed by atoms with Crippen LogP contribution in [0.2, 0.25) is 0 Å². The molecule has 2 N–H and O–H groups in total. The van der Waals surface area contributed by atoms with Crippen molar-refractivity contribution in [3.05, 3.63) is 17.0 Å². The number of rotatable bonds is 6. The SMILES string of the molecule is CC(C)NCc1csc(S(=O)(=O)NC2CCSC2)c1. The molecule has 1 aromatic heterocycles. The first-order valence-corrected chi connectivity index (χ1v) is 9.90. The van der Waals surface area contributed by atoms with Gasteiger partial charge in [0.05, 0.1) is 0 Å². The van der Waals surface area contributed by atoms with E-state index < -0.39 is 10.0 Å². The van der Waals surface area contributed by atoms with E-state index in [0.717, 1.165) is 23.5 Å². The largest absolute Gasteiger partial charge is 0.310 e. The van der Waals surface area contributed by atoms with Crippen molar-refractivity contribution in [1.29, 1.82) is 0 Å². The summed E-state index contributed by atoms with van der Waals surface area (Å²) in [6, 6.07) is 2.26. The summed E-state index contributed by atoms with van der Waals surface area (Å²) in [5.41, 5.74) is 1.03. The second kappa shape index (κ2) is 6.58. The number of nitrogens with one attached hydrogen (secondary N) is 2. The molecule has 1 aliphatic rings. The quantitative estimate of drug-likeness (QED) is 0.842. The van der Waals surface area contributed by atoms with E-state index in [2.05, 4.69) is 23.9 Å². The molecule has 1 fully saturated rings. The highest BCUT2D eigenvalue weighted by Crippen LogP contribution is 2.23. The molecular weight excluding hydrogens is 300 g/mol. The van der Waals surface area contributed by atoms with Crippen LogP contribution in [0.15, 0.2) is 15.7 Å². The molecule has 0 amide bonds. The molecule has 0 saturated carbocycles. The maximum Gasteiger partial charge on any atom is 0.250 e. The van der Waals surface area contributed by atoms with Crippen molar-refractivity contribution in [3.8, 4) is 0 Å². The number of hydrogen-bond donors (Lipinski definition) is 2. The van der Waals surface area contributed by atoms with Gasteiger partial charge in [-0.15, -0.1) is 11.3 Å². The Hall–Kier alpha value is -0.0800. The second-order valence-electron chi connectivity index (χ2n) is 4.99. The highest BCUT2D eigenvalue weighted by atomic mass is 32.2. The Bertz CT molecular complexity index is 505. The van der Waals surface area contributed by atoms with Crippen LogP contribution in [0.25, 0.3) is 0 Å². The Morgan fingerprint density at radius 3 is 2.89 bits per heavy atom. The van der Waals surface area contributed by atoms with Gasteiger partial charge < -0.3 is 5.32 Å². The Balaban J connectivity index is 1.99. The zero-order chi connectivity index (χ0) is 13.9. The number of thiophene rings is 1. The maximum atomic E-state index is 12.2. The van der Waals surface area contributed by atoms with Crippen molar-refractivity contribution in [2.45, 2.75) is 43.1 Å². The molecule has 7 heteroatoms. The van der Waals surface area contributed by atoms with Gasteiger partial charge in [0.1, 0.15) is 4.21 Å². The minimum absolute atomic E-state index is 0.0920. The van der Waals surface area contributed by atoms with Gasteiger partial charge in [0.2, 0.25) is 10.0 Å². The van der Waals surface area contributed by atoms with E-state index >= 15 is 0 Å². The third-order valence-electron chi connectivity index (χ3n) is 2.86. The van der Waals surface area contributed by atoms with Gasteiger partial charge in [0.25, 0.3) is 0 Å². The third-order valence-corrected chi connectivity index (χ3v) is 7.03. The van der Waals surface area contributed by atoms with E-state index in [1.54, 1.807) is 17.8 Å². The van der Waals surface area contributed by atoms with E-state index in [0.29, 0.717) is 16.8 Å². The monoisotopic (exact) mass is 320 g/mol. The van der Waals surface area contributed by atoms with Crippen molar-refractivity contribution in [1.82, 2.24) is 10.0 Å². The van der Waals surface area contributed by atoms with E-state index in [-0.39, 0.29) is 6.04 Å². The van der Waals surface area contributed by atoms with Gasteiger partial charge in [-0.3, -0.25) is 0 Å². The molecule has 0 aromatic carbocycles. The van der Waals surface area contributed by atoms with E-state index in [1.165, 1.54) is 11.3 Å². The van der Waals surface area contributed by atoms with Crippen LogP contribution in [0.1, 0.15) is 25.8 Å². The van der Waals surface area contributed by atoms with Gasteiger partial charge in [-0.05, 0) is 29.2 Å². The predicted molar refractivity (Wildman–Crippen MR) is 82.3 cm³/mol. The summed E-state index contributed by atoms with van der Waals surface area (Å²) in [4.78, 5) is 0. The first-order valence-electron chi connectivity index (χ1n) is 6.38. The Morgan fingerprint density at radius 2 is 2.26 bits per heavy atom. The fraction of sp³-hybridized carbons (Fsp3) is 0.667. The molecule has 4 nitrogen and oxygen atoms in total. The molecule has 0 radical (unpaired) electrons. The minimum atomic E-state index is -3.33. The summed E-state index contributed by atoms with van der Waals surface area (Å²) in [5, 5.41) is 5.20. The van der Waals surface area contributed by atoms with Crippen LogP contribution in [0.4, 0.5) is 0 Å². The highest BCUT2D eigenvalue weighted by molar-refractivity contribution is 7.99. The fourth-order valence-corrected chi connectivity index (χ4v) is 5.57. The van der Waals surface area contributed by atoms with Gasteiger partial charge in [0, 0.05) is 24.4 Å². The first kappa shape index (κ1) is 15.3. The lowest BCUT2D eigenvalue weighted by Gasteiger charge is -2.10. The van der Waals surface area contributed by atoms with Crippen LogP contribution < -0.4 is 10.0 Å². The van der Waals surface area contributed by atoms with Gasteiger partial charge in [0.15, 0.2) is 0 Å². The smallest absolute Gasteiger partial charge is 0.250 e. The molecule has 1 aromatic rings. The van der Waals surface area contributed by atoms with Gasteiger partial charge in [-0.1, -0.05) is 13.8 Å². The zero-order valence-corrected chi connectivity index (χ0v) is 13.6. The van der Waals surface area contributed by atoms with Crippen LogP contribution in [-0.4, -0.2) is 32.0 Å². The number of thioether (sulfide) groups is 1. The summed E-state index contributed by atoms with van der Waals surface area (Å²) < 4.78 is 27.6. The second-order valence-corrected chi connectivity index (χ2v) is 8.99. The lowest BCUT2D eigenvalue weighted by Crippen LogP contribution is -2.34. The van der Waals surface area contributed by atoms with Crippen molar-refractivity contribution in [2.24, 2.45) is 0 Å². The standard InChI is InChI=1S/C12H20N2O2S3/c1-9(2)13-6-10-5-12(18-7-10)19(15,16)14-11-3-4-17-8-11/h5,7,9,11,13-14H,3-4,6,8H2,1-2H3. The summed E-state index contributed by atoms with van der Waals surface area (Å²) in [6.07, 6.45) is 0.928. The van der Waals surface area contributed by atoms with Crippen LogP contribution in [-0.2, 0) is 16.6 Å². The third kappa shape index (κ3) is 4.46. The summed E-state index contributed by atoms with van der Waals surface area (Å²) in [7, 11) is -3.33. The molecule has 0 aliphatic carbocycles. The highest BCUT2D eigenvalue weighted by Gasteiger charge is 2.24. The Morgan fingerprint density at radius 1 is 1.47 bits per heavy atom. The van der Waals surface area contributed by atoms with Crippen molar-refractivity contribution in [2.75, 3.05) is 11.5 Å². The molecule has 108 valence electrons. The maximum absolute atomic E-state index is 12.2. The molecule has 1 aliphatic heterocycles. The predicted octanol–water partition coefficient (Wildman–Crippen LogP) is 2.03. The summed E-state index contributed by atoms with van der Waals surface area (Å²) >= 11 is 3.10. The molecule has 1 atom stereocenters. The molecule has 2 heterocycles. The normalized spacial score (nSPS) is 20.3. The van der Waals surface area contributed by atoms with Gasteiger partial charge >= 0.3 is 0 Å². The van der Waals surface area contributed by atoms with Crippen molar-refractivity contribution < 1.29 is 8.42 Å². The van der Waals surface area contributed by atoms with Crippen LogP contribution >= 0.6 is 23.1 Å². The molecule has 0 bridgehead atoms. The van der Waals surface area contributed by atoms with Crippen LogP contribution in [0.5, 0.6) is 0 Å². The number of hydrogen-bond acceptors (Lipinski definition) is 5. The zero-order valence-electron chi connectivity index (χ0n) is 11.2. The first-order chi connectivity index (χ1) is 8.97. The van der Waals surface area contributed by atoms with E-state index in [1.807, 2.05) is 5.38 Å². The Labute approximate surface area is 123 Å². The number of sulfonamides is 1. The molecule has 0 spiro atoms. The molecule has 2 rings (SSSR count). The average Bonchev–Trinajstić information content (AvgIpc) is 2.96. The van der Waals surface area contributed by atoms with Crippen LogP contribution in [0.3, 0.4) is 0 Å². The molecule has 19 heavy (non-hydrogen) atoms. The molecule has 1 unspecified atom stereocenters. The van der Waals surface area contributed by atoms with Crippen molar-refractivity contribution >= 4 is 33.1 Å². The summed E-state index contributed by atoms with van der Waals surface area (Å²) in [6.45, 7) is 4.86. The fourth-order valence-electron chi connectivity index (χ4n) is 1.81. The lowest BCUT2D eigenvalue weighted by molar-refractivity contribution is 0.565. The average molecular weight is 321 g/mol. The van der Waals surface area contributed by atoms with Gasteiger partial charge in [-0.2, -0.15) is 11.8 Å².